The molecular weight excluding hydrogens is 486 g/mol. The van der Waals surface area contributed by atoms with Crippen LogP contribution in [0.25, 0.3) is 10.9 Å². The number of hydrogen-bond donors (Lipinski definition) is 1. The predicted molar refractivity (Wildman–Crippen MR) is 130 cm³/mol. The maximum absolute atomic E-state index is 13.1. The number of fused-ring (bicyclic) bond motifs is 1. The van der Waals surface area contributed by atoms with E-state index in [2.05, 4.69) is 26.0 Å². The summed E-state index contributed by atoms with van der Waals surface area (Å²) in [6, 6.07) is 19.3. The molecule has 1 N–H and O–H groups in total. The van der Waals surface area contributed by atoms with Crippen molar-refractivity contribution in [2.45, 2.75) is 20.0 Å². The summed E-state index contributed by atoms with van der Waals surface area (Å²) in [5, 5.41) is 13.9. The largest absolute Gasteiger partial charge is 0.488 e. The molecule has 0 aliphatic rings. The summed E-state index contributed by atoms with van der Waals surface area (Å²) in [5.74, 6) is 0.176. The molecule has 0 aliphatic carbocycles. The molecule has 166 valence electrons. The van der Waals surface area contributed by atoms with Crippen LogP contribution in [0, 0.1) is 0 Å². The Labute approximate surface area is 198 Å². The van der Waals surface area contributed by atoms with Crippen LogP contribution in [0.5, 0.6) is 5.75 Å². The number of aromatic nitrogens is 2. The monoisotopic (exact) mass is 505 g/mol. The number of carbonyl (C=O) groups is 1. The highest BCUT2D eigenvalue weighted by molar-refractivity contribution is 9.10. The Balaban J connectivity index is 1.62. The normalized spacial score (nSPS) is 11.2. The maximum atomic E-state index is 13.1. The summed E-state index contributed by atoms with van der Waals surface area (Å²) in [5.41, 5.74) is 2.14. The topological polar surface area (TPSA) is 93.8 Å². The molecule has 0 saturated heterocycles. The van der Waals surface area contributed by atoms with E-state index < -0.39 is 5.97 Å². The average Bonchev–Trinajstić information content (AvgIpc) is 2.83. The van der Waals surface area contributed by atoms with Crippen LogP contribution in [0.1, 0.15) is 34.2 Å². The molecule has 1 aromatic heterocycles. The maximum Gasteiger partial charge on any atom is 0.335 e. The Bertz CT molecular complexity index is 1410. The molecule has 0 unspecified atom stereocenters. The molecule has 7 nitrogen and oxygen atoms in total. The molecule has 3 aromatic carbocycles. The van der Waals surface area contributed by atoms with Gasteiger partial charge in [0.1, 0.15) is 18.2 Å². The fraction of sp³-hybridized carbons (Fsp3) is 0.120. The van der Waals surface area contributed by atoms with Gasteiger partial charge in [-0.2, -0.15) is 9.78 Å². The summed E-state index contributed by atoms with van der Waals surface area (Å²) >= 11 is 3.40. The fourth-order valence-corrected chi connectivity index (χ4v) is 3.65. The second kappa shape index (κ2) is 9.79. The minimum absolute atomic E-state index is 0.222. The lowest BCUT2D eigenvalue weighted by Crippen LogP contribution is -2.22. The van der Waals surface area contributed by atoms with Crippen molar-refractivity contribution >= 4 is 39.0 Å². The van der Waals surface area contributed by atoms with E-state index >= 15 is 0 Å². The van der Waals surface area contributed by atoms with Gasteiger partial charge in [-0.3, -0.25) is 4.79 Å². The van der Waals surface area contributed by atoms with Crippen LogP contribution < -0.4 is 10.3 Å². The van der Waals surface area contributed by atoms with E-state index in [1.807, 2.05) is 37.3 Å². The van der Waals surface area contributed by atoms with Crippen LogP contribution in [0.4, 0.5) is 0 Å². The molecular formula is C25H20BrN3O4. The number of aryl methyl sites for hydroxylation is 1. The van der Waals surface area contributed by atoms with Crippen LogP contribution in [0.15, 0.2) is 81.1 Å². The first kappa shape index (κ1) is 22.4. The van der Waals surface area contributed by atoms with E-state index in [1.54, 1.807) is 30.5 Å². The molecule has 4 aromatic rings. The summed E-state index contributed by atoms with van der Waals surface area (Å²) in [6.45, 7) is 2.18. The fourth-order valence-electron chi connectivity index (χ4n) is 3.29. The van der Waals surface area contributed by atoms with Crippen molar-refractivity contribution in [3.63, 3.8) is 0 Å². The van der Waals surface area contributed by atoms with Crippen molar-refractivity contribution in [2.24, 2.45) is 5.10 Å². The number of nitrogens with zero attached hydrogens (tertiary/aromatic N) is 3. The van der Waals surface area contributed by atoms with Gasteiger partial charge in [-0.05, 0) is 48.0 Å². The van der Waals surface area contributed by atoms with Gasteiger partial charge in [0.15, 0.2) is 0 Å². The number of hydrogen-bond acceptors (Lipinski definition) is 5. The number of para-hydroxylation sites is 1. The number of rotatable bonds is 7. The molecule has 8 heteroatoms. The first-order chi connectivity index (χ1) is 16.0. The lowest BCUT2D eigenvalue weighted by Gasteiger charge is -2.10. The molecule has 0 spiro atoms. The van der Waals surface area contributed by atoms with E-state index in [9.17, 15) is 9.59 Å². The van der Waals surface area contributed by atoms with E-state index in [0.717, 1.165) is 10.0 Å². The Morgan fingerprint density at radius 1 is 1.15 bits per heavy atom. The molecule has 0 bridgehead atoms. The highest BCUT2D eigenvalue weighted by Crippen LogP contribution is 2.19. The summed E-state index contributed by atoms with van der Waals surface area (Å²) in [6.07, 6.45) is 2.12. The third-order valence-corrected chi connectivity index (χ3v) is 5.51. The zero-order valence-corrected chi connectivity index (χ0v) is 19.3. The van der Waals surface area contributed by atoms with Gasteiger partial charge in [0.05, 0.1) is 22.7 Å². The lowest BCUT2D eigenvalue weighted by molar-refractivity contribution is 0.0697. The van der Waals surface area contributed by atoms with Gasteiger partial charge in [0, 0.05) is 16.5 Å². The summed E-state index contributed by atoms with van der Waals surface area (Å²) in [4.78, 5) is 28.7. The number of benzene rings is 3. The van der Waals surface area contributed by atoms with Gasteiger partial charge >= 0.3 is 5.97 Å². The molecule has 0 aliphatic heterocycles. The van der Waals surface area contributed by atoms with E-state index in [0.29, 0.717) is 34.5 Å². The molecule has 0 amide bonds. The highest BCUT2D eigenvalue weighted by Gasteiger charge is 2.10. The number of aromatic carboxylic acids is 1. The average molecular weight is 506 g/mol. The Morgan fingerprint density at radius 2 is 1.91 bits per heavy atom. The highest BCUT2D eigenvalue weighted by atomic mass is 79.9. The van der Waals surface area contributed by atoms with Gasteiger partial charge in [0.25, 0.3) is 5.56 Å². The Hall–Kier alpha value is -3.78. The van der Waals surface area contributed by atoms with Crippen molar-refractivity contribution < 1.29 is 14.6 Å². The SMILES string of the molecule is CCc1nc2ccc(Br)cc2c(=O)n1N=Cc1ccccc1OCc1ccc(C(=O)O)cc1. The van der Waals surface area contributed by atoms with Crippen LogP contribution >= 0.6 is 15.9 Å². The minimum Gasteiger partial charge on any atom is -0.488 e. The molecule has 1 heterocycles. The molecule has 0 fully saturated rings. The first-order valence-corrected chi connectivity index (χ1v) is 11.0. The summed E-state index contributed by atoms with van der Waals surface area (Å²) < 4.78 is 8.05. The number of halogens is 1. The lowest BCUT2D eigenvalue weighted by atomic mass is 10.1. The predicted octanol–water partition coefficient (Wildman–Crippen LogP) is 4.88. The Kier molecular flexibility index (Phi) is 6.65. The van der Waals surface area contributed by atoms with Gasteiger partial charge in [-0.1, -0.05) is 47.1 Å². The quantitative estimate of drug-likeness (QED) is 0.361. The second-order valence-electron chi connectivity index (χ2n) is 7.23. The van der Waals surface area contributed by atoms with Crippen molar-refractivity contribution in [1.29, 1.82) is 0 Å². The summed E-state index contributed by atoms with van der Waals surface area (Å²) in [7, 11) is 0. The molecule has 4 rings (SSSR count). The zero-order valence-electron chi connectivity index (χ0n) is 17.7. The van der Waals surface area contributed by atoms with Crippen LogP contribution in [0.3, 0.4) is 0 Å². The molecule has 0 atom stereocenters. The third-order valence-electron chi connectivity index (χ3n) is 5.02. The second-order valence-corrected chi connectivity index (χ2v) is 8.15. The van der Waals surface area contributed by atoms with Crippen molar-refractivity contribution in [1.82, 2.24) is 9.66 Å². The third kappa shape index (κ3) is 5.01. The minimum atomic E-state index is -0.971. The molecule has 0 radical (unpaired) electrons. The van der Waals surface area contributed by atoms with Crippen LogP contribution in [0.2, 0.25) is 0 Å². The van der Waals surface area contributed by atoms with E-state index in [-0.39, 0.29) is 17.7 Å². The zero-order chi connectivity index (χ0) is 23.4. The van der Waals surface area contributed by atoms with E-state index in [4.69, 9.17) is 9.84 Å². The first-order valence-electron chi connectivity index (χ1n) is 10.3. The van der Waals surface area contributed by atoms with Gasteiger partial charge < -0.3 is 9.84 Å². The van der Waals surface area contributed by atoms with Crippen LogP contribution in [-0.2, 0) is 13.0 Å². The van der Waals surface area contributed by atoms with Crippen molar-refractivity contribution in [2.75, 3.05) is 0 Å². The molecule has 0 saturated carbocycles. The van der Waals surface area contributed by atoms with Crippen molar-refractivity contribution in [3.05, 3.63) is 104 Å². The smallest absolute Gasteiger partial charge is 0.335 e. The molecule has 33 heavy (non-hydrogen) atoms. The van der Waals surface area contributed by atoms with Crippen LogP contribution in [-0.4, -0.2) is 27.0 Å². The standard InChI is InChI=1S/C25H20BrN3O4/c1-2-23-28-21-12-11-19(26)13-20(21)24(30)29(23)27-14-18-5-3-4-6-22(18)33-15-16-7-9-17(10-8-16)25(31)32/h3-14H,2,15H2,1H3,(H,31,32). The number of carboxylic acid groups (broad SMARTS) is 1. The van der Waals surface area contributed by atoms with Gasteiger partial charge in [-0.25, -0.2) is 9.78 Å². The van der Waals surface area contributed by atoms with Gasteiger partial charge in [0.2, 0.25) is 0 Å². The van der Waals surface area contributed by atoms with Gasteiger partial charge in [-0.15, -0.1) is 0 Å². The Morgan fingerprint density at radius 3 is 2.64 bits per heavy atom. The number of carboxylic acids is 1. The number of ether oxygens (including phenoxy) is 1. The van der Waals surface area contributed by atoms with E-state index in [1.165, 1.54) is 16.8 Å². The van der Waals surface area contributed by atoms with Crippen molar-refractivity contribution in [3.8, 4) is 5.75 Å².